The van der Waals surface area contributed by atoms with Crippen molar-refractivity contribution in [3.05, 3.63) is 62.8 Å². The van der Waals surface area contributed by atoms with Crippen molar-refractivity contribution in [2.24, 2.45) is 0 Å². The first kappa shape index (κ1) is 22.3. The molecule has 0 radical (unpaired) electrons. The van der Waals surface area contributed by atoms with Gasteiger partial charge in [0.05, 0.1) is 10.6 Å². The lowest BCUT2D eigenvalue weighted by atomic mass is 9.97. The third-order valence-electron chi connectivity index (χ3n) is 5.22. The molecule has 0 bridgehead atoms. The van der Waals surface area contributed by atoms with Gasteiger partial charge in [-0.25, -0.2) is 9.78 Å². The van der Waals surface area contributed by atoms with Gasteiger partial charge in [-0.3, -0.25) is 4.79 Å². The summed E-state index contributed by atoms with van der Waals surface area (Å²) in [5.74, 6) is -3.33. The van der Waals surface area contributed by atoms with Gasteiger partial charge in [-0.05, 0) is 43.2 Å². The molecule has 0 aliphatic carbocycles. The average Bonchev–Trinajstić information content (AvgIpc) is 3.42. The van der Waals surface area contributed by atoms with Crippen LogP contribution in [0, 0.1) is 0 Å². The molecule has 3 heterocycles. The Balaban J connectivity index is 1.53. The van der Waals surface area contributed by atoms with E-state index in [2.05, 4.69) is 4.98 Å². The Bertz CT molecular complexity index is 1150. The van der Waals surface area contributed by atoms with Crippen LogP contribution in [0.2, 0.25) is 5.02 Å². The maximum Gasteiger partial charge on any atom is 0.450 e. The molecule has 4 rings (SSSR count). The number of furan rings is 1. The van der Waals surface area contributed by atoms with Crippen LogP contribution in [-0.2, 0) is 6.18 Å². The molecule has 2 aromatic heterocycles. The summed E-state index contributed by atoms with van der Waals surface area (Å²) >= 11 is 7.06. The zero-order chi connectivity index (χ0) is 23.0. The second-order valence-corrected chi connectivity index (χ2v) is 8.63. The van der Waals surface area contributed by atoms with Crippen LogP contribution >= 0.6 is 22.9 Å². The van der Waals surface area contributed by atoms with Crippen LogP contribution in [-0.4, -0.2) is 40.0 Å². The molecular formula is C21H16ClF3N2O4S. The highest BCUT2D eigenvalue weighted by atomic mass is 35.5. The van der Waals surface area contributed by atoms with Crippen molar-refractivity contribution in [1.29, 1.82) is 0 Å². The van der Waals surface area contributed by atoms with Crippen molar-refractivity contribution < 1.29 is 32.3 Å². The number of carboxylic acid groups (broad SMARTS) is 1. The minimum absolute atomic E-state index is 0.0357. The van der Waals surface area contributed by atoms with Gasteiger partial charge in [-0.2, -0.15) is 13.2 Å². The Morgan fingerprint density at radius 1 is 1.19 bits per heavy atom. The van der Waals surface area contributed by atoms with Crippen LogP contribution in [0.1, 0.15) is 50.4 Å². The zero-order valence-corrected chi connectivity index (χ0v) is 17.9. The van der Waals surface area contributed by atoms with E-state index in [0.29, 0.717) is 28.4 Å². The molecule has 1 fully saturated rings. The van der Waals surface area contributed by atoms with Gasteiger partial charge >= 0.3 is 12.1 Å². The number of aromatic carboxylic acids is 1. The lowest BCUT2D eigenvalue weighted by molar-refractivity contribution is -0.153. The number of halogens is 4. The van der Waals surface area contributed by atoms with Gasteiger partial charge in [0.2, 0.25) is 5.76 Å². The highest BCUT2D eigenvalue weighted by Gasteiger charge is 2.42. The van der Waals surface area contributed by atoms with E-state index in [0.717, 1.165) is 6.07 Å². The molecule has 6 nitrogen and oxygen atoms in total. The minimum Gasteiger partial charge on any atom is -0.476 e. The first-order valence-electron chi connectivity index (χ1n) is 9.58. The van der Waals surface area contributed by atoms with Crippen molar-refractivity contribution >= 4 is 34.8 Å². The summed E-state index contributed by atoms with van der Waals surface area (Å²) in [6.07, 6.45) is -3.88. The van der Waals surface area contributed by atoms with Gasteiger partial charge in [0.1, 0.15) is 5.76 Å². The average molecular weight is 485 g/mol. The van der Waals surface area contributed by atoms with Gasteiger partial charge in [0.15, 0.2) is 5.69 Å². The molecule has 0 atom stereocenters. The van der Waals surface area contributed by atoms with Gasteiger partial charge in [0.25, 0.3) is 5.91 Å². The van der Waals surface area contributed by atoms with Crippen LogP contribution in [0.3, 0.4) is 0 Å². The highest BCUT2D eigenvalue weighted by Crippen LogP contribution is 2.39. The zero-order valence-electron chi connectivity index (χ0n) is 16.4. The minimum atomic E-state index is -4.83. The molecule has 3 aromatic rings. The van der Waals surface area contributed by atoms with Crippen LogP contribution in [0.4, 0.5) is 13.2 Å². The van der Waals surface area contributed by atoms with Crippen molar-refractivity contribution in [3.63, 3.8) is 0 Å². The molecule has 1 N–H and O–H groups in total. The maximum absolute atomic E-state index is 13.6. The fourth-order valence-electron chi connectivity index (χ4n) is 3.59. The molecule has 168 valence electrons. The number of thiazole rings is 1. The predicted molar refractivity (Wildman–Crippen MR) is 111 cm³/mol. The van der Waals surface area contributed by atoms with Crippen molar-refractivity contribution in [2.45, 2.75) is 24.9 Å². The summed E-state index contributed by atoms with van der Waals surface area (Å²) in [5, 5.41) is 11.5. The van der Waals surface area contributed by atoms with Crippen molar-refractivity contribution in [2.75, 3.05) is 13.1 Å². The summed E-state index contributed by atoms with van der Waals surface area (Å²) in [5.41, 5.74) is -0.203. The molecule has 0 saturated carbocycles. The third-order valence-corrected chi connectivity index (χ3v) is 6.48. The van der Waals surface area contributed by atoms with E-state index in [-0.39, 0.29) is 30.5 Å². The number of carbonyl (C=O) groups is 2. The van der Waals surface area contributed by atoms with Crippen molar-refractivity contribution in [1.82, 2.24) is 9.88 Å². The topological polar surface area (TPSA) is 83.6 Å². The van der Waals surface area contributed by atoms with E-state index >= 15 is 0 Å². The molecule has 1 aliphatic heterocycles. The molecule has 1 aliphatic rings. The molecule has 32 heavy (non-hydrogen) atoms. The Labute approximate surface area is 189 Å². The number of aromatic nitrogens is 1. The van der Waals surface area contributed by atoms with Gasteiger partial charge in [-0.15, -0.1) is 11.3 Å². The smallest absolute Gasteiger partial charge is 0.450 e. The number of benzene rings is 1. The summed E-state index contributed by atoms with van der Waals surface area (Å²) in [7, 11) is 0. The maximum atomic E-state index is 13.6. The first-order chi connectivity index (χ1) is 15.1. The van der Waals surface area contributed by atoms with E-state index in [1.165, 1.54) is 45.9 Å². The van der Waals surface area contributed by atoms with Crippen molar-refractivity contribution in [3.8, 4) is 11.3 Å². The van der Waals surface area contributed by atoms with Gasteiger partial charge in [-0.1, -0.05) is 11.6 Å². The van der Waals surface area contributed by atoms with Crippen LogP contribution in [0.25, 0.3) is 11.3 Å². The predicted octanol–water partition coefficient (Wildman–Crippen LogP) is 5.79. The van der Waals surface area contributed by atoms with Crippen LogP contribution in [0.5, 0.6) is 0 Å². The fraction of sp³-hybridized carbons (Fsp3) is 0.286. The lowest BCUT2D eigenvalue weighted by Gasteiger charge is -2.31. The standard InChI is InChI=1S/C21H16ClF3N2O4S/c22-13-3-1-11(2-4-13)16-9-14(17(31-16)21(23,24)25)19(28)27-7-5-12(6-8-27)18-26-15(10-32-18)20(29)30/h1-4,9-10,12H,5-8H2,(H,29,30). The molecule has 11 heteroatoms. The molecule has 0 unspecified atom stereocenters. The van der Waals surface area contributed by atoms with E-state index < -0.39 is 29.4 Å². The SMILES string of the molecule is O=C(O)c1csc(C2CCN(C(=O)c3cc(-c4ccc(Cl)cc4)oc3C(F)(F)F)CC2)n1. The Morgan fingerprint density at radius 2 is 1.84 bits per heavy atom. The summed E-state index contributed by atoms with van der Waals surface area (Å²) in [4.78, 5) is 29.4. The number of hydrogen-bond donors (Lipinski definition) is 1. The Hall–Kier alpha value is -2.85. The molecular weight excluding hydrogens is 469 g/mol. The number of carboxylic acids is 1. The quantitative estimate of drug-likeness (QED) is 0.506. The molecule has 1 saturated heterocycles. The monoisotopic (exact) mass is 484 g/mol. The van der Waals surface area contributed by atoms with E-state index in [4.69, 9.17) is 21.1 Å². The normalized spacial score (nSPS) is 15.2. The van der Waals surface area contributed by atoms with Crippen LogP contribution < -0.4 is 0 Å². The van der Waals surface area contributed by atoms with E-state index in [9.17, 15) is 22.8 Å². The lowest BCUT2D eigenvalue weighted by Crippen LogP contribution is -2.38. The van der Waals surface area contributed by atoms with Crippen LogP contribution in [0.15, 0.2) is 40.1 Å². The number of alkyl halides is 3. The number of rotatable bonds is 4. The number of piperidine rings is 1. The number of amides is 1. The second-order valence-electron chi connectivity index (χ2n) is 7.30. The highest BCUT2D eigenvalue weighted by molar-refractivity contribution is 7.09. The largest absolute Gasteiger partial charge is 0.476 e. The fourth-order valence-corrected chi connectivity index (χ4v) is 4.68. The van der Waals surface area contributed by atoms with E-state index in [1.54, 1.807) is 0 Å². The summed E-state index contributed by atoms with van der Waals surface area (Å²) in [6, 6.07) is 7.18. The first-order valence-corrected chi connectivity index (χ1v) is 10.8. The molecule has 1 aromatic carbocycles. The number of hydrogen-bond acceptors (Lipinski definition) is 5. The second kappa shape index (κ2) is 8.59. The molecule has 1 amide bonds. The number of carbonyl (C=O) groups excluding carboxylic acids is 1. The summed E-state index contributed by atoms with van der Waals surface area (Å²) in [6.45, 7) is 0.453. The molecule has 0 spiro atoms. The number of nitrogens with zero attached hydrogens (tertiary/aromatic N) is 2. The third kappa shape index (κ3) is 4.51. The van der Waals surface area contributed by atoms with Gasteiger partial charge < -0.3 is 14.4 Å². The van der Waals surface area contributed by atoms with E-state index in [1.807, 2.05) is 0 Å². The number of likely N-dealkylation sites (tertiary alicyclic amines) is 1. The summed E-state index contributed by atoms with van der Waals surface area (Å²) < 4.78 is 45.8. The van der Waals surface area contributed by atoms with Gasteiger partial charge in [0, 0.05) is 35.0 Å². The Morgan fingerprint density at radius 3 is 2.41 bits per heavy atom. The Kier molecular flexibility index (Phi) is 6.00.